The molecule has 0 fully saturated rings. The summed E-state index contributed by atoms with van der Waals surface area (Å²) in [5, 5.41) is 3.11. The summed E-state index contributed by atoms with van der Waals surface area (Å²) < 4.78 is 0. The maximum absolute atomic E-state index is 13.6. The Morgan fingerprint density at radius 3 is 2.00 bits per heavy atom. The first-order chi connectivity index (χ1) is 16.6. The van der Waals surface area contributed by atoms with Gasteiger partial charge in [0.25, 0.3) is 0 Å². The zero-order valence-corrected chi connectivity index (χ0v) is 20.8. The molecule has 2 amide bonds. The van der Waals surface area contributed by atoms with Crippen molar-refractivity contribution in [3.63, 3.8) is 0 Å². The van der Waals surface area contributed by atoms with Crippen molar-refractivity contribution in [2.75, 3.05) is 5.75 Å². The van der Waals surface area contributed by atoms with Gasteiger partial charge in [0, 0.05) is 36.1 Å². The van der Waals surface area contributed by atoms with Crippen molar-refractivity contribution in [1.82, 2.24) is 10.2 Å². The largest absolute Gasteiger partial charge is 0.352 e. The maximum Gasteiger partial charge on any atom is 0.243 e. The lowest BCUT2D eigenvalue weighted by Gasteiger charge is -2.32. The number of hydrogen-bond acceptors (Lipinski definition) is 3. The first-order valence-electron chi connectivity index (χ1n) is 11.9. The van der Waals surface area contributed by atoms with Crippen LogP contribution in [0.25, 0.3) is 0 Å². The molecule has 2 atom stereocenters. The lowest BCUT2D eigenvalue weighted by molar-refractivity contribution is -0.141. The zero-order chi connectivity index (χ0) is 24.2. The Morgan fingerprint density at radius 2 is 1.41 bits per heavy atom. The topological polar surface area (TPSA) is 49.4 Å². The average molecular weight is 475 g/mol. The maximum atomic E-state index is 13.6. The molecule has 5 heteroatoms. The minimum Gasteiger partial charge on any atom is -0.352 e. The minimum absolute atomic E-state index is 0.00693. The van der Waals surface area contributed by atoms with Crippen LogP contribution in [0.1, 0.15) is 37.8 Å². The van der Waals surface area contributed by atoms with Crippen LogP contribution in [0.5, 0.6) is 0 Å². The molecule has 0 aliphatic rings. The van der Waals surface area contributed by atoms with Crippen LogP contribution in [-0.2, 0) is 22.6 Å². The van der Waals surface area contributed by atoms with Crippen LogP contribution in [0.4, 0.5) is 0 Å². The SMILES string of the molecule is CC[C@H](C)NC(=O)[C@H](Cc1ccccc1)N(Cc1ccccc1)C(=O)CCSc1ccccc1. The van der Waals surface area contributed by atoms with Crippen molar-refractivity contribution in [3.05, 3.63) is 102 Å². The number of nitrogens with zero attached hydrogens (tertiary/aromatic N) is 1. The smallest absolute Gasteiger partial charge is 0.243 e. The molecule has 0 spiro atoms. The van der Waals surface area contributed by atoms with E-state index in [-0.39, 0.29) is 17.9 Å². The molecule has 0 saturated carbocycles. The third kappa shape index (κ3) is 8.07. The van der Waals surface area contributed by atoms with Gasteiger partial charge in [-0.1, -0.05) is 85.8 Å². The normalized spacial score (nSPS) is 12.5. The van der Waals surface area contributed by atoms with Crippen LogP contribution in [0.2, 0.25) is 0 Å². The van der Waals surface area contributed by atoms with Gasteiger partial charge in [-0.05, 0) is 36.6 Å². The summed E-state index contributed by atoms with van der Waals surface area (Å²) in [6.45, 7) is 4.45. The molecule has 0 unspecified atom stereocenters. The molecule has 0 saturated heterocycles. The highest BCUT2D eigenvalue weighted by Crippen LogP contribution is 2.21. The summed E-state index contributed by atoms with van der Waals surface area (Å²) in [4.78, 5) is 29.9. The summed E-state index contributed by atoms with van der Waals surface area (Å²) >= 11 is 1.66. The van der Waals surface area contributed by atoms with Gasteiger partial charge in [0.15, 0.2) is 0 Å². The lowest BCUT2D eigenvalue weighted by Crippen LogP contribution is -2.52. The highest BCUT2D eigenvalue weighted by molar-refractivity contribution is 7.99. The zero-order valence-electron chi connectivity index (χ0n) is 20.0. The molecule has 34 heavy (non-hydrogen) atoms. The van der Waals surface area contributed by atoms with Crippen LogP contribution in [-0.4, -0.2) is 34.6 Å². The first-order valence-corrected chi connectivity index (χ1v) is 12.9. The third-order valence-corrected chi connectivity index (χ3v) is 6.81. The second-order valence-electron chi connectivity index (χ2n) is 8.44. The van der Waals surface area contributed by atoms with Crippen molar-refractivity contribution < 1.29 is 9.59 Å². The number of hydrogen-bond donors (Lipinski definition) is 1. The van der Waals surface area contributed by atoms with Crippen molar-refractivity contribution in [2.24, 2.45) is 0 Å². The summed E-state index contributed by atoms with van der Waals surface area (Å²) in [5.74, 6) is 0.560. The molecule has 3 aromatic carbocycles. The van der Waals surface area contributed by atoms with Crippen LogP contribution < -0.4 is 5.32 Å². The van der Waals surface area contributed by atoms with Crippen LogP contribution >= 0.6 is 11.8 Å². The van der Waals surface area contributed by atoms with Gasteiger partial charge in [0.05, 0.1) is 0 Å². The number of amides is 2. The van der Waals surface area contributed by atoms with E-state index in [9.17, 15) is 9.59 Å². The van der Waals surface area contributed by atoms with Gasteiger partial charge in [0.1, 0.15) is 6.04 Å². The van der Waals surface area contributed by atoms with Gasteiger partial charge < -0.3 is 10.2 Å². The van der Waals surface area contributed by atoms with E-state index in [2.05, 4.69) is 17.4 Å². The monoisotopic (exact) mass is 474 g/mol. The van der Waals surface area contributed by atoms with Gasteiger partial charge >= 0.3 is 0 Å². The van der Waals surface area contributed by atoms with E-state index in [1.165, 1.54) is 0 Å². The van der Waals surface area contributed by atoms with E-state index in [1.54, 1.807) is 16.7 Å². The number of benzene rings is 3. The average Bonchev–Trinajstić information content (AvgIpc) is 2.87. The lowest BCUT2D eigenvalue weighted by atomic mass is 10.0. The molecule has 0 heterocycles. The molecule has 3 rings (SSSR count). The third-order valence-electron chi connectivity index (χ3n) is 5.80. The number of nitrogens with one attached hydrogen (secondary N) is 1. The molecule has 3 aromatic rings. The highest BCUT2D eigenvalue weighted by Gasteiger charge is 2.30. The fraction of sp³-hybridized carbons (Fsp3) is 0.310. The standard InChI is InChI=1S/C29H34N2O2S/c1-3-23(2)30-29(33)27(21-24-13-7-4-8-14-24)31(22-25-15-9-5-10-16-25)28(32)19-20-34-26-17-11-6-12-18-26/h4-18,23,27H,3,19-22H2,1-2H3,(H,30,33)/t23-,27-/m0/s1. The summed E-state index contributed by atoms with van der Waals surface area (Å²) in [6.07, 6.45) is 1.69. The van der Waals surface area contributed by atoms with Gasteiger partial charge in [-0.3, -0.25) is 9.59 Å². The fourth-order valence-electron chi connectivity index (χ4n) is 3.69. The Kier molecular flexibility index (Phi) is 10.2. The molecule has 0 aliphatic carbocycles. The first kappa shape index (κ1) is 25.6. The van der Waals surface area contributed by atoms with E-state index in [4.69, 9.17) is 0 Å². The molecule has 178 valence electrons. The van der Waals surface area contributed by atoms with E-state index in [0.717, 1.165) is 22.4 Å². The van der Waals surface area contributed by atoms with Gasteiger partial charge in [-0.15, -0.1) is 11.8 Å². The minimum atomic E-state index is -0.578. The van der Waals surface area contributed by atoms with Gasteiger partial charge in [-0.25, -0.2) is 0 Å². The fourth-order valence-corrected chi connectivity index (χ4v) is 4.55. The Bertz CT molecular complexity index is 1010. The predicted octanol–water partition coefficient (Wildman–Crippen LogP) is 5.72. The molecule has 0 aliphatic heterocycles. The quantitative estimate of drug-likeness (QED) is 0.341. The van der Waals surface area contributed by atoms with E-state index < -0.39 is 6.04 Å². The Hall–Kier alpha value is -3.05. The number of carbonyl (C=O) groups is 2. The number of thioether (sulfide) groups is 1. The molecule has 4 nitrogen and oxygen atoms in total. The Balaban J connectivity index is 1.83. The molecule has 0 aromatic heterocycles. The Morgan fingerprint density at radius 1 is 0.853 bits per heavy atom. The number of rotatable bonds is 12. The summed E-state index contributed by atoms with van der Waals surface area (Å²) in [6, 6.07) is 29.4. The molecular weight excluding hydrogens is 440 g/mol. The van der Waals surface area contributed by atoms with E-state index in [1.807, 2.05) is 92.7 Å². The van der Waals surface area contributed by atoms with E-state index >= 15 is 0 Å². The summed E-state index contributed by atoms with van der Waals surface area (Å²) in [5.41, 5.74) is 2.05. The Labute approximate surface area is 207 Å². The van der Waals surface area contributed by atoms with Crippen LogP contribution in [0.3, 0.4) is 0 Å². The van der Waals surface area contributed by atoms with Crippen molar-refractivity contribution >= 4 is 23.6 Å². The summed E-state index contributed by atoms with van der Waals surface area (Å²) in [7, 11) is 0. The van der Waals surface area contributed by atoms with E-state index in [0.29, 0.717) is 25.1 Å². The van der Waals surface area contributed by atoms with Gasteiger partial charge in [-0.2, -0.15) is 0 Å². The van der Waals surface area contributed by atoms with Crippen molar-refractivity contribution in [2.45, 2.75) is 56.6 Å². The molecular formula is C29H34N2O2S. The van der Waals surface area contributed by atoms with Gasteiger partial charge in [0.2, 0.25) is 11.8 Å². The molecule has 0 radical (unpaired) electrons. The van der Waals surface area contributed by atoms with Crippen LogP contribution in [0, 0.1) is 0 Å². The highest BCUT2D eigenvalue weighted by atomic mass is 32.2. The molecule has 0 bridgehead atoms. The second-order valence-corrected chi connectivity index (χ2v) is 9.61. The van der Waals surface area contributed by atoms with Crippen LogP contribution in [0.15, 0.2) is 95.9 Å². The number of carbonyl (C=O) groups excluding carboxylic acids is 2. The van der Waals surface area contributed by atoms with Crippen molar-refractivity contribution in [3.8, 4) is 0 Å². The van der Waals surface area contributed by atoms with Crippen molar-refractivity contribution in [1.29, 1.82) is 0 Å². The molecule has 1 N–H and O–H groups in total. The second kappa shape index (κ2) is 13.6. The predicted molar refractivity (Wildman–Crippen MR) is 141 cm³/mol.